The molecule has 0 spiro atoms. The maximum absolute atomic E-state index is 12.5. The van der Waals surface area contributed by atoms with Crippen LogP contribution in [0, 0.1) is 0 Å². The van der Waals surface area contributed by atoms with Gasteiger partial charge < -0.3 is 9.47 Å². The molecule has 122 valence electrons. The minimum absolute atomic E-state index is 0.0237. The zero-order chi connectivity index (χ0) is 16.2. The van der Waals surface area contributed by atoms with E-state index >= 15 is 0 Å². The highest BCUT2D eigenvalue weighted by atomic mass is 32.2. The van der Waals surface area contributed by atoms with Crippen molar-refractivity contribution in [1.82, 2.24) is 4.90 Å². The Hall–Kier alpha value is -1.37. The van der Waals surface area contributed by atoms with Gasteiger partial charge in [0.2, 0.25) is 0 Å². The van der Waals surface area contributed by atoms with E-state index in [-0.39, 0.29) is 12.0 Å². The zero-order valence-electron chi connectivity index (χ0n) is 13.0. The van der Waals surface area contributed by atoms with E-state index in [9.17, 15) is 4.79 Å². The van der Waals surface area contributed by atoms with E-state index in [4.69, 9.17) is 21.7 Å². The lowest BCUT2D eigenvalue weighted by Gasteiger charge is -2.18. The fourth-order valence-corrected chi connectivity index (χ4v) is 3.90. The molecule has 1 amide bonds. The van der Waals surface area contributed by atoms with Crippen LogP contribution in [-0.2, 0) is 9.53 Å². The molecule has 2 aliphatic heterocycles. The van der Waals surface area contributed by atoms with Crippen molar-refractivity contribution in [3.05, 3.63) is 34.7 Å². The Morgan fingerprint density at radius 1 is 1.43 bits per heavy atom. The number of benzene rings is 1. The normalized spacial score (nSPS) is 23.1. The smallest absolute Gasteiger partial charge is 0.266 e. The third-order valence-corrected chi connectivity index (χ3v) is 5.15. The summed E-state index contributed by atoms with van der Waals surface area (Å²) in [6.07, 6.45) is 4.04. The summed E-state index contributed by atoms with van der Waals surface area (Å²) in [5.74, 6) is 0.806. The van der Waals surface area contributed by atoms with Gasteiger partial charge in [-0.15, -0.1) is 0 Å². The van der Waals surface area contributed by atoms with Crippen LogP contribution in [0.2, 0.25) is 0 Å². The summed E-state index contributed by atoms with van der Waals surface area (Å²) in [6, 6.07) is 7.69. The van der Waals surface area contributed by atoms with Crippen LogP contribution >= 0.6 is 24.0 Å². The Balaban J connectivity index is 1.70. The maximum atomic E-state index is 12.5. The van der Waals surface area contributed by atoms with Crippen LogP contribution < -0.4 is 4.74 Å². The fourth-order valence-electron chi connectivity index (χ4n) is 2.63. The molecule has 0 radical (unpaired) electrons. The predicted octanol–water partition coefficient (Wildman–Crippen LogP) is 3.47. The highest BCUT2D eigenvalue weighted by molar-refractivity contribution is 8.26. The van der Waals surface area contributed by atoms with Gasteiger partial charge in [-0.1, -0.05) is 36.1 Å². The molecule has 0 aliphatic carbocycles. The number of thiocarbonyl (C=S) groups is 1. The van der Waals surface area contributed by atoms with Crippen LogP contribution in [0.5, 0.6) is 5.75 Å². The van der Waals surface area contributed by atoms with Gasteiger partial charge in [0.25, 0.3) is 5.91 Å². The number of carbonyl (C=O) groups excluding carboxylic acids is 1. The van der Waals surface area contributed by atoms with Gasteiger partial charge in [0.05, 0.1) is 24.2 Å². The number of rotatable bonds is 5. The van der Waals surface area contributed by atoms with E-state index < -0.39 is 0 Å². The number of thioether (sulfide) groups is 1. The van der Waals surface area contributed by atoms with Crippen LogP contribution in [0.15, 0.2) is 29.2 Å². The number of hydrogen-bond donors (Lipinski definition) is 0. The highest BCUT2D eigenvalue weighted by Crippen LogP contribution is 2.33. The van der Waals surface area contributed by atoms with E-state index in [0.29, 0.717) is 22.4 Å². The second-order valence-electron chi connectivity index (χ2n) is 5.43. The molecule has 2 fully saturated rings. The SMILES string of the molecule is CCOc1ccc(/C=C2\SC(=S)N(C[C@@H]3CCCO3)C2=O)cc1. The monoisotopic (exact) mass is 349 g/mol. The molecular weight excluding hydrogens is 330 g/mol. The van der Waals surface area contributed by atoms with Crippen LogP contribution in [0.25, 0.3) is 6.08 Å². The second-order valence-corrected chi connectivity index (χ2v) is 7.11. The summed E-state index contributed by atoms with van der Waals surface area (Å²) >= 11 is 6.71. The van der Waals surface area contributed by atoms with E-state index in [1.807, 2.05) is 37.3 Å². The van der Waals surface area contributed by atoms with Crippen molar-refractivity contribution in [3.8, 4) is 5.75 Å². The molecule has 0 aromatic heterocycles. The fraction of sp³-hybridized carbons (Fsp3) is 0.412. The molecule has 3 rings (SSSR count). The largest absolute Gasteiger partial charge is 0.494 e. The van der Waals surface area contributed by atoms with Gasteiger partial charge in [-0.2, -0.15) is 0 Å². The standard InChI is InChI=1S/C17H19NO3S2/c1-2-20-13-7-5-12(6-8-13)10-15-16(19)18(17(22)23-15)11-14-4-3-9-21-14/h5-8,10,14H,2-4,9,11H2,1H3/b15-10-/t14-/m0/s1. The Morgan fingerprint density at radius 3 is 2.87 bits per heavy atom. The number of amides is 1. The molecule has 6 heteroatoms. The molecule has 0 N–H and O–H groups in total. The topological polar surface area (TPSA) is 38.8 Å². The minimum atomic E-state index is -0.0237. The van der Waals surface area contributed by atoms with Crippen molar-refractivity contribution < 1.29 is 14.3 Å². The Labute approximate surface area is 145 Å². The summed E-state index contributed by atoms with van der Waals surface area (Å²) in [5.41, 5.74) is 0.964. The van der Waals surface area contributed by atoms with Crippen molar-refractivity contribution in [2.24, 2.45) is 0 Å². The van der Waals surface area contributed by atoms with Crippen LogP contribution in [-0.4, -0.2) is 41.0 Å². The third-order valence-electron chi connectivity index (χ3n) is 3.77. The predicted molar refractivity (Wildman–Crippen MR) is 96.5 cm³/mol. The zero-order valence-corrected chi connectivity index (χ0v) is 14.6. The number of nitrogens with zero attached hydrogens (tertiary/aromatic N) is 1. The molecule has 1 aromatic rings. The summed E-state index contributed by atoms with van der Waals surface area (Å²) < 4.78 is 11.6. The van der Waals surface area contributed by atoms with E-state index in [1.54, 1.807) is 4.90 Å². The molecule has 2 heterocycles. The summed E-state index contributed by atoms with van der Waals surface area (Å²) in [6.45, 7) is 3.93. The highest BCUT2D eigenvalue weighted by Gasteiger charge is 2.34. The van der Waals surface area contributed by atoms with Crippen molar-refractivity contribution >= 4 is 40.3 Å². The summed E-state index contributed by atoms with van der Waals surface area (Å²) in [4.78, 5) is 14.9. The first-order chi connectivity index (χ1) is 11.2. The van der Waals surface area contributed by atoms with Gasteiger partial charge in [-0.25, -0.2) is 0 Å². The Bertz CT molecular complexity index is 621. The maximum Gasteiger partial charge on any atom is 0.266 e. The molecular formula is C17H19NO3S2. The molecule has 4 nitrogen and oxygen atoms in total. The first-order valence-electron chi connectivity index (χ1n) is 7.77. The average Bonchev–Trinajstić information content (AvgIpc) is 3.14. The van der Waals surface area contributed by atoms with Crippen molar-refractivity contribution in [3.63, 3.8) is 0 Å². The van der Waals surface area contributed by atoms with Crippen molar-refractivity contribution in [1.29, 1.82) is 0 Å². The molecule has 2 aliphatic rings. The van der Waals surface area contributed by atoms with Gasteiger partial charge in [-0.3, -0.25) is 9.69 Å². The number of hydrogen-bond acceptors (Lipinski definition) is 5. The van der Waals surface area contributed by atoms with Crippen molar-refractivity contribution in [2.45, 2.75) is 25.9 Å². The van der Waals surface area contributed by atoms with Crippen molar-refractivity contribution in [2.75, 3.05) is 19.8 Å². The summed E-state index contributed by atoms with van der Waals surface area (Å²) in [7, 11) is 0. The van der Waals surface area contributed by atoms with E-state index in [0.717, 1.165) is 30.8 Å². The van der Waals surface area contributed by atoms with Crippen LogP contribution in [0.3, 0.4) is 0 Å². The molecule has 0 saturated carbocycles. The first kappa shape index (κ1) is 16.5. The molecule has 2 saturated heterocycles. The molecule has 23 heavy (non-hydrogen) atoms. The van der Waals surface area contributed by atoms with Gasteiger partial charge >= 0.3 is 0 Å². The third kappa shape index (κ3) is 3.94. The van der Waals surface area contributed by atoms with Gasteiger partial charge in [0.1, 0.15) is 10.1 Å². The van der Waals surface area contributed by atoms with Gasteiger partial charge in [0, 0.05) is 6.61 Å². The minimum Gasteiger partial charge on any atom is -0.494 e. The van der Waals surface area contributed by atoms with Gasteiger partial charge in [-0.05, 0) is 43.5 Å². The van der Waals surface area contributed by atoms with E-state index in [2.05, 4.69) is 0 Å². The number of carbonyl (C=O) groups is 1. The molecule has 0 unspecified atom stereocenters. The van der Waals surface area contributed by atoms with Gasteiger partial charge in [0.15, 0.2) is 0 Å². The number of ether oxygens (including phenoxy) is 2. The lowest BCUT2D eigenvalue weighted by Crippen LogP contribution is -2.35. The lowest BCUT2D eigenvalue weighted by molar-refractivity contribution is -0.123. The summed E-state index contributed by atoms with van der Waals surface area (Å²) in [5, 5.41) is 0. The molecule has 1 atom stereocenters. The Kier molecular flexibility index (Phi) is 5.35. The second kappa shape index (κ2) is 7.47. The first-order valence-corrected chi connectivity index (χ1v) is 8.99. The Morgan fingerprint density at radius 2 is 2.22 bits per heavy atom. The average molecular weight is 349 g/mol. The quantitative estimate of drug-likeness (QED) is 0.601. The molecule has 0 bridgehead atoms. The van der Waals surface area contributed by atoms with Crippen LogP contribution in [0.4, 0.5) is 0 Å². The molecule has 1 aromatic carbocycles. The van der Waals surface area contributed by atoms with E-state index in [1.165, 1.54) is 11.8 Å². The van der Waals surface area contributed by atoms with Crippen LogP contribution in [0.1, 0.15) is 25.3 Å². The lowest BCUT2D eigenvalue weighted by atomic mass is 10.2.